The molecular formula is C18H17F2NO4. The molecule has 5 nitrogen and oxygen atoms in total. The molecule has 1 amide bonds. The first-order valence-electron chi connectivity index (χ1n) is 7.48. The number of hydrogen-bond acceptors (Lipinski definition) is 3. The Morgan fingerprint density at radius 1 is 1.16 bits per heavy atom. The topological polar surface area (TPSA) is 75.6 Å². The van der Waals surface area contributed by atoms with E-state index in [2.05, 4.69) is 5.32 Å². The van der Waals surface area contributed by atoms with Crippen LogP contribution in [0.15, 0.2) is 42.5 Å². The number of methoxy groups -OCH3 is 1. The van der Waals surface area contributed by atoms with Crippen LogP contribution in [-0.4, -0.2) is 30.1 Å². The molecule has 2 rings (SSSR count). The molecule has 0 unspecified atom stereocenters. The quantitative estimate of drug-likeness (QED) is 0.804. The SMILES string of the molecule is COc1ccccc1C[C@H](NC(=O)Cc1cc(F)cc(F)c1)C(=O)O. The summed E-state index contributed by atoms with van der Waals surface area (Å²) < 4.78 is 31.5. The molecule has 2 aromatic carbocycles. The third kappa shape index (κ3) is 5.27. The van der Waals surface area contributed by atoms with E-state index in [9.17, 15) is 23.5 Å². The summed E-state index contributed by atoms with van der Waals surface area (Å²) in [6.45, 7) is 0. The number of amides is 1. The Morgan fingerprint density at radius 2 is 1.80 bits per heavy atom. The molecule has 2 N–H and O–H groups in total. The van der Waals surface area contributed by atoms with Gasteiger partial charge in [-0.25, -0.2) is 13.6 Å². The summed E-state index contributed by atoms with van der Waals surface area (Å²) in [6.07, 6.45) is -0.313. The van der Waals surface area contributed by atoms with Crippen molar-refractivity contribution < 1.29 is 28.2 Å². The minimum atomic E-state index is -1.22. The van der Waals surface area contributed by atoms with E-state index in [4.69, 9.17) is 4.74 Å². The minimum Gasteiger partial charge on any atom is -0.496 e. The summed E-state index contributed by atoms with van der Waals surface area (Å²) in [7, 11) is 1.46. The summed E-state index contributed by atoms with van der Waals surface area (Å²) >= 11 is 0. The molecule has 0 aliphatic heterocycles. The fourth-order valence-electron chi connectivity index (χ4n) is 2.44. The van der Waals surface area contributed by atoms with Crippen LogP contribution in [0.1, 0.15) is 11.1 Å². The van der Waals surface area contributed by atoms with Crippen molar-refractivity contribution in [1.82, 2.24) is 5.32 Å². The number of rotatable bonds is 7. The number of ether oxygens (including phenoxy) is 1. The van der Waals surface area contributed by atoms with Gasteiger partial charge in [-0.05, 0) is 29.3 Å². The lowest BCUT2D eigenvalue weighted by Crippen LogP contribution is -2.43. The molecule has 0 heterocycles. The molecule has 0 radical (unpaired) electrons. The predicted octanol–water partition coefficient (Wildman–Crippen LogP) is 2.33. The lowest BCUT2D eigenvalue weighted by molar-refractivity contribution is -0.141. The molecule has 0 aromatic heterocycles. The van der Waals surface area contributed by atoms with Crippen LogP contribution in [0.2, 0.25) is 0 Å². The highest BCUT2D eigenvalue weighted by Gasteiger charge is 2.22. The summed E-state index contributed by atoms with van der Waals surface area (Å²) in [6, 6.07) is 8.42. The Morgan fingerprint density at radius 3 is 2.40 bits per heavy atom. The van der Waals surface area contributed by atoms with E-state index in [1.54, 1.807) is 24.3 Å². The van der Waals surface area contributed by atoms with Crippen molar-refractivity contribution in [2.45, 2.75) is 18.9 Å². The number of carbonyl (C=O) groups is 2. The molecular weight excluding hydrogens is 332 g/mol. The number of benzene rings is 2. The zero-order valence-corrected chi connectivity index (χ0v) is 13.5. The van der Waals surface area contributed by atoms with E-state index in [0.717, 1.165) is 12.1 Å². The fourth-order valence-corrected chi connectivity index (χ4v) is 2.44. The van der Waals surface area contributed by atoms with Gasteiger partial charge in [-0.3, -0.25) is 4.79 Å². The molecule has 0 fully saturated rings. The van der Waals surface area contributed by atoms with Crippen LogP contribution in [0.5, 0.6) is 5.75 Å². The lowest BCUT2D eigenvalue weighted by Gasteiger charge is -2.16. The van der Waals surface area contributed by atoms with Gasteiger partial charge in [-0.1, -0.05) is 18.2 Å². The number of carboxylic acid groups (broad SMARTS) is 1. The molecule has 7 heteroatoms. The van der Waals surface area contributed by atoms with Crippen molar-refractivity contribution in [3.63, 3.8) is 0 Å². The summed E-state index contributed by atoms with van der Waals surface area (Å²) in [5.41, 5.74) is 0.742. The smallest absolute Gasteiger partial charge is 0.326 e. The average molecular weight is 349 g/mol. The van der Waals surface area contributed by atoms with E-state index in [1.807, 2.05) is 0 Å². The van der Waals surface area contributed by atoms with Gasteiger partial charge in [0.15, 0.2) is 0 Å². The van der Waals surface area contributed by atoms with Gasteiger partial charge in [0.2, 0.25) is 5.91 Å². The van der Waals surface area contributed by atoms with Crippen LogP contribution < -0.4 is 10.1 Å². The van der Waals surface area contributed by atoms with Gasteiger partial charge in [-0.2, -0.15) is 0 Å². The first kappa shape index (κ1) is 18.4. The molecule has 25 heavy (non-hydrogen) atoms. The van der Waals surface area contributed by atoms with Crippen molar-refractivity contribution in [2.75, 3.05) is 7.11 Å². The van der Waals surface area contributed by atoms with Gasteiger partial charge in [0.05, 0.1) is 13.5 Å². The average Bonchev–Trinajstić information content (AvgIpc) is 2.53. The maximum absolute atomic E-state index is 13.2. The zero-order valence-electron chi connectivity index (χ0n) is 13.5. The van der Waals surface area contributed by atoms with Gasteiger partial charge in [-0.15, -0.1) is 0 Å². The standard InChI is InChI=1S/C18H17F2NO4/c1-25-16-5-3-2-4-12(16)9-15(18(23)24)21-17(22)8-11-6-13(19)10-14(20)7-11/h2-7,10,15H,8-9H2,1H3,(H,21,22)(H,23,24)/t15-/m0/s1. The van der Waals surface area contributed by atoms with Gasteiger partial charge >= 0.3 is 5.97 Å². The van der Waals surface area contributed by atoms with Gasteiger partial charge in [0.1, 0.15) is 23.4 Å². The van der Waals surface area contributed by atoms with E-state index >= 15 is 0 Å². The van der Waals surface area contributed by atoms with Gasteiger partial charge in [0.25, 0.3) is 0 Å². The summed E-state index contributed by atoms with van der Waals surface area (Å²) in [5, 5.41) is 11.7. The largest absolute Gasteiger partial charge is 0.496 e. The van der Waals surface area contributed by atoms with Crippen molar-refractivity contribution in [1.29, 1.82) is 0 Å². The number of carbonyl (C=O) groups excluding carboxylic acids is 1. The van der Waals surface area contributed by atoms with E-state index in [-0.39, 0.29) is 18.4 Å². The number of para-hydroxylation sites is 1. The second-order valence-electron chi connectivity index (χ2n) is 5.43. The third-order valence-electron chi connectivity index (χ3n) is 3.54. The zero-order chi connectivity index (χ0) is 18.4. The van der Waals surface area contributed by atoms with Crippen LogP contribution in [0.3, 0.4) is 0 Å². The molecule has 0 saturated heterocycles. The predicted molar refractivity (Wildman–Crippen MR) is 86.3 cm³/mol. The molecule has 0 saturated carbocycles. The Kier molecular flexibility index (Phi) is 6.05. The van der Waals surface area contributed by atoms with Crippen molar-refractivity contribution in [2.24, 2.45) is 0 Å². The van der Waals surface area contributed by atoms with Gasteiger partial charge < -0.3 is 15.2 Å². The third-order valence-corrected chi connectivity index (χ3v) is 3.54. The van der Waals surface area contributed by atoms with Crippen molar-refractivity contribution in [3.8, 4) is 5.75 Å². The van der Waals surface area contributed by atoms with E-state index in [1.165, 1.54) is 7.11 Å². The Balaban J connectivity index is 2.08. The van der Waals surface area contributed by atoms with Crippen LogP contribution in [0.25, 0.3) is 0 Å². The minimum absolute atomic E-state index is 0.0165. The molecule has 2 aromatic rings. The van der Waals surface area contributed by atoms with Crippen molar-refractivity contribution in [3.05, 3.63) is 65.2 Å². The number of carboxylic acids is 1. The molecule has 0 aliphatic rings. The number of hydrogen-bond donors (Lipinski definition) is 2. The van der Waals surface area contributed by atoms with Crippen molar-refractivity contribution >= 4 is 11.9 Å². The summed E-state index contributed by atoms with van der Waals surface area (Å²) in [5.74, 6) is -2.95. The van der Waals surface area contributed by atoms with Crippen LogP contribution in [0.4, 0.5) is 8.78 Å². The molecule has 132 valence electrons. The summed E-state index contributed by atoms with van der Waals surface area (Å²) in [4.78, 5) is 23.5. The number of aliphatic carboxylic acids is 1. The molecule has 1 atom stereocenters. The second kappa shape index (κ2) is 8.23. The Bertz CT molecular complexity index is 759. The van der Waals surface area contributed by atoms with Crippen LogP contribution in [0, 0.1) is 11.6 Å². The normalized spacial score (nSPS) is 11.6. The highest BCUT2D eigenvalue weighted by Crippen LogP contribution is 2.19. The highest BCUT2D eigenvalue weighted by molar-refractivity contribution is 5.85. The molecule has 0 aliphatic carbocycles. The highest BCUT2D eigenvalue weighted by atomic mass is 19.1. The Labute approximate surface area is 143 Å². The van der Waals surface area contributed by atoms with Crippen LogP contribution >= 0.6 is 0 Å². The molecule has 0 spiro atoms. The van der Waals surface area contributed by atoms with Crippen LogP contribution in [-0.2, 0) is 22.4 Å². The first-order valence-corrected chi connectivity index (χ1v) is 7.48. The Hall–Kier alpha value is -2.96. The molecule has 0 bridgehead atoms. The number of halogens is 2. The van der Waals surface area contributed by atoms with Gasteiger partial charge in [0, 0.05) is 12.5 Å². The van der Waals surface area contributed by atoms with E-state index in [0.29, 0.717) is 17.4 Å². The first-order chi connectivity index (χ1) is 11.9. The fraction of sp³-hybridized carbons (Fsp3) is 0.222. The maximum atomic E-state index is 13.2. The lowest BCUT2D eigenvalue weighted by atomic mass is 10.0. The van der Waals surface area contributed by atoms with E-state index < -0.39 is 29.6 Å². The second-order valence-corrected chi connectivity index (χ2v) is 5.43. The number of nitrogens with one attached hydrogen (secondary N) is 1. The maximum Gasteiger partial charge on any atom is 0.326 e. The monoisotopic (exact) mass is 349 g/mol.